The Balaban J connectivity index is 1.32. The Hall–Kier alpha value is -4.96. The SMILES string of the molecule is Cc1cc2c(cc1C(=O)O)NC(=O)/C2=C(/Nc1ccc(C(=O)NCCC(=O)N2CCN(C)CC2)cc1)c1ccccc1. The van der Waals surface area contributed by atoms with E-state index >= 15 is 0 Å². The maximum absolute atomic E-state index is 13.2. The number of amides is 3. The molecular formula is C32H33N5O5. The standard InChI is InChI=1S/C32H33N5O5/c1-20-18-25-26(19-24(20)32(41)42)35-31(40)28(25)29(21-6-4-3-5-7-21)34-23-10-8-22(9-11-23)30(39)33-13-12-27(38)37-16-14-36(2)15-17-37/h3-11,18-19,34H,12-17H2,1-2H3,(H,33,39)(H,35,40)(H,41,42)/b29-28+. The molecule has 1 saturated heterocycles. The van der Waals surface area contributed by atoms with Gasteiger partial charge in [0.2, 0.25) is 5.91 Å². The summed E-state index contributed by atoms with van der Waals surface area (Å²) in [4.78, 5) is 54.0. The molecule has 10 heteroatoms. The first-order chi connectivity index (χ1) is 20.2. The van der Waals surface area contributed by atoms with Crippen molar-refractivity contribution in [1.82, 2.24) is 15.1 Å². The van der Waals surface area contributed by atoms with Crippen LogP contribution < -0.4 is 16.0 Å². The van der Waals surface area contributed by atoms with Gasteiger partial charge >= 0.3 is 5.97 Å². The maximum Gasteiger partial charge on any atom is 0.336 e. The highest BCUT2D eigenvalue weighted by Crippen LogP contribution is 2.39. The predicted octanol–water partition coefficient (Wildman–Crippen LogP) is 3.52. The van der Waals surface area contributed by atoms with E-state index in [1.807, 2.05) is 42.3 Å². The van der Waals surface area contributed by atoms with Gasteiger partial charge in [-0.05, 0) is 61.5 Å². The molecule has 0 aromatic heterocycles. The summed E-state index contributed by atoms with van der Waals surface area (Å²) in [6, 6.07) is 19.4. The molecule has 0 atom stereocenters. The molecule has 3 aromatic carbocycles. The van der Waals surface area contributed by atoms with Crippen LogP contribution in [0.3, 0.4) is 0 Å². The van der Waals surface area contributed by atoms with E-state index in [9.17, 15) is 24.3 Å². The van der Waals surface area contributed by atoms with E-state index in [0.29, 0.717) is 52.4 Å². The van der Waals surface area contributed by atoms with Gasteiger partial charge in [0.25, 0.3) is 11.8 Å². The molecule has 0 spiro atoms. The molecule has 0 radical (unpaired) electrons. The number of rotatable bonds is 8. The van der Waals surface area contributed by atoms with Gasteiger partial charge in [0, 0.05) is 56.0 Å². The van der Waals surface area contributed by atoms with Gasteiger partial charge in [0.05, 0.1) is 22.5 Å². The van der Waals surface area contributed by atoms with Gasteiger partial charge in [-0.15, -0.1) is 0 Å². The Labute approximate surface area is 244 Å². The number of benzene rings is 3. The number of nitrogens with one attached hydrogen (secondary N) is 3. The number of hydrogen-bond acceptors (Lipinski definition) is 6. The number of carboxylic acids is 1. The summed E-state index contributed by atoms with van der Waals surface area (Å²) >= 11 is 0. The van der Waals surface area contributed by atoms with Crippen LogP contribution in [0.5, 0.6) is 0 Å². The molecule has 0 unspecified atom stereocenters. The van der Waals surface area contributed by atoms with Crippen LogP contribution in [0.1, 0.15) is 43.8 Å². The van der Waals surface area contributed by atoms with Gasteiger partial charge in [-0.25, -0.2) is 4.79 Å². The largest absolute Gasteiger partial charge is 0.478 e. The topological polar surface area (TPSA) is 131 Å². The monoisotopic (exact) mass is 567 g/mol. The number of hydrogen-bond donors (Lipinski definition) is 4. The fourth-order valence-corrected chi connectivity index (χ4v) is 5.14. The van der Waals surface area contributed by atoms with Crippen LogP contribution >= 0.6 is 0 Å². The van der Waals surface area contributed by atoms with Crippen molar-refractivity contribution in [3.8, 4) is 0 Å². The average Bonchev–Trinajstić information content (AvgIpc) is 3.30. The second kappa shape index (κ2) is 12.3. The highest BCUT2D eigenvalue weighted by molar-refractivity contribution is 6.37. The van der Waals surface area contributed by atoms with E-state index < -0.39 is 5.97 Å². The van der Waals surface area contributed by atoms with Gasteiger partial charge in [-0.2, -0.15) is 0 Å². The van der Waals surface area contributed by atoms with Crippen molar-refractivity contribution in [2.45, 2.75) is 13.3 Å². The zero-order chi connectivity index (χ0) is 29.8. The van der Waals surface area contributed by atoms with Gasteiger partial charge in [-0.3, -0.25) is 14.4 Å². The molecular weight excluding hydrogens is 534 g/mol. The van der Waals surface area contributed by atoms with E-state index in [1.54, 1.807) is 37.3 Å². The number of carboxylic acid groups (broad SMARTS) is 1. The molecule has 42 heavy (non-hydrogen) atoms. The first-order valence-electron chi connectivity index (χ1n) is 13.8. The number of fused-ring (bicyclic) bond motifs is 1. The van der Waals surface area contributed by atoms with Crippen LogP contribution in [-0.2, 0) is 9.59 Å². The smallest absolute Gasteiger partial charge is 0.336 e. The van der Waals surface area contributed by atoms with Gasteiger partial charge < -0.3 is 30.9 Å². The number of aromatic carboxylic acids is 1. The third-order valence-corrected chi connectivity index (χ3v) is 7.55. The van der Waals surface area contributed by atoms with Crippen molar-refractivity contribution < 1.29 is 24.3 Å². The van der Waals surface area contributed by atoms with Gasteiger partial charge in [0.1, 0.15) is 0 Å². The van der Waals surface area contributed by atoms with E-state index in [4.69, 9.17) is 0 Å². The molecule has 10 nitrogen and oxygen atoms in total. The lowest BCUT2D eigenvalue weighted by atomic mass is 9.96. The molecule has 2 heterocycles. The van der Waals surface area contributed by atoms with Crippen LogP contribution in [-0.4, -0.2) is 78.4 Å². The second-order valence-corrected chi connectivity index (χ2v) is 10.5. The number of carbonyl (C=O) groups excluding carboxylic acids is 3. The van der Waals surface area contributed by atoms with Crippen molar-refractivity contribution in [2.75, 3.05) is 50.4 Å². The quantitative estimate of drug-likeness (QED) is 0.307. The number of carbonyl (C=O) groups is 4. The molecule has 1 fully saturated rings. The summed E-state index contributed by atoms with van der Waals surface area (Å²) in [7, 11) is 2.03. The average molecular weight is 568 g/mol. The van der Waals surface area contributed by atoms with Crippen molar-refractivity contribution in [2.24, 2.45) is 0 Å². The predicted molar refractivity (Wildman–Crippen MR) is 161 cm³/mol. The summed E-state index contributed by atoms with van der Waals surface area (Å²) in [5, 5.41) is 18.5. The second-order valence-electron chi connectivity index (χ2n) is 10.5. The maximum atomic E-state index is 13.2. The zero-order valence-corrected chi connectivity index (χ0v) is 23.6. The number of anilines is 2. The lowest BCUT2D eigenvalue weighted by Gasteiger charge is -2.32. The zero-order valence-electron chi connectivity index (χ0n) is 23.6. The van der Waals surface area contributed by atoms with E-state index in [1.165, 1.54) is 6.07 Å². The first-order valence-corrected chi connectivity index (χ1v) is 13.8. The van der Waals surface area contributed by atoms with Crippen LogP contribution in [0.4, 0.5) is 11.4 Å². The molecule has 3 amide bonds. The summed E-state index contributed by atoms with van der Waals surface area (Å²) < 4.78 is 0. The molecule has 5 rings (SSSR count). The molecule has 2 aliphatic heterocycles. The first kappa shape index (κ1) is 28.6. The Kier molecular flexibility index (Phi) is 8.35. The highest BCUT2D eigenvalue weighted by atomic mass is 16.4. The molecule has 0 bridgehead atoms. The van der Waals surface area contributed by atoms with E-state index in [2.05, 4.69) is 20.9 Å². The van der Waals surface area contributed by atoms with Crippen molar-refractivity contribution in [1.29, 1.82) is 0 Å². The lowest BCUT2D eigenvalue weighted by Crippen LogP contribution is -2.47. The van der Waals surface area contributed by atoms with Crippen LogP contribution in [0.2, 0.25) is 0 Å². The summed E-state index contributed by atoms with van der Waals surface area (Å²) in [6.45, 7) is 5.06. The van der Waals surface area contributed by atoms with Gasteiger partial charge in [0.15, 0.2) is 0 Å². The molecule has 3 aromatic rings. The number of nitrogens with zero attached hydrogens (tertiary/aromatic N) is 2. The van der Waals surface area contributed by atoms with Crippen LogP contribution in [0, 0.1) is 6.92 Å². The van der Waals surface area contributed by atoms with Gasteiger partial charge in [-0.1, -0.05) is 30.3 Å². The fraction of sp³-hybridized carbons (Fsp3) is 0.250. The third kappa shape index (κ3) is 6.18. The number of likely N-dealkylation sites (N-methyl/N-ethyl adjacent to an activating group) is 1. The number of aryl methyl sites for hydroxylation is 1. The van der Waals surface area contributed by atoms with Crippen molar-refractivity contribution in [3.05, 3.63) is 94.5 Å². The van der Waals surface area contributed by atoms with Crippen molar-refractivity contribution in [3.63, 3.8) is 0 Å². The normalized spacial score (nSPS) is 16.0. The Morgan fingerprint density at radius 3 is 2.29 bits per heavy atom. The van der Waals surface area contributed by atoms with E-state index in [0.717, 1.165) is 18.7 Å². The fourth-order valence-electron chi connectivity index (χ4n) is 5.14. The summed E-state index contributed by atoms with van der Waals surface area (Å²) in [5.41, 5.74) is 4.53. The number of piperazine rings is 1. The summed E-state index contributed by atoms with van der Waals surface area (Å²) in [6.07, 6.45) is 0.250. The van der Waals surface area contributed by atoms with Crippen LogP contribution in [0.25, 0.3) is 11.3 Å². The molecule has 216 valence electrons. The Morgan fingerprint density at radius 2 is 1.62 bits per heavy atom. The molecule has 0 saturated carbocycles. The Morgan fingerprint density at radius 1 is 0.929 bits per heavy atom. The molecule has 2 aliphatic rings. The third-order valence-electron chi connectivity index (χ3n) is 7.55. The van der Waals surface area contributed by atoms with Crippen LogP contribution in [0.15, 0.2) is 66.7 Å². The Bertz CT molecular complexity index is 1560. The lowest BCUT2D eigenvalue weighted by molar-refractivity contribution is -0.132. The van der Waals surface area contributed by atoms with E-state index in [-0.39, 0.29) is 36.3 Å². The molecule has 0 aliphatic carbocycles. The minimum absolute atomic E-state index is 0.0383. The highest BCUT2D eigenvalue weighted by Gasteiger charge is 2.30. The minimum Gasteiger partial charge on any atom is -0.478 e. The molecule has 4 N–H and O–H groups in total. The minimum atomic E-state index is -1.06. The summed E-state index contributed by atoms with van der Waals surface area (Å²) in [5.74, 6) is -1.64. The van der Waals surface area contributed by atoms with Crippen molar-refractivity contribution >= 4 is 46.3 Å².